The third-order valence-corrected chi connectivity index (χ3v) is 12.8. The molecule has 2 N–H and O–H groups in total. The van der Waals surface area contributed by atoms with Crippen LogP contribution >= 0.6 is 0 Å². The maximum Gasteiger partial charge on any atom is 2.00 e. The van der Waals surface area contributed by atoms with Gasteiger partial charge in [-0.1, -0.05) is 196 Å². The van der Waals surface area contributed by atoms with Crippen LogP contribution in [0.25, 0.3) is 22.7 Å². The van der Waals surface area contributed by atoms with Crippen molar-refractivity contribution >= 4 is 22.7 Å². The summed E-state index contributed by atoms with van der Waals surface area (Å²) in [5, 5.41) is 22.8. The zero-order valence-electron chi connectivity index (χ0n) is 41.9. The number of hydrogen-bond donors (Lipinski definition) is 2. The van der Waals surface area contributed by atoms with E-state index in [0.29, 0.717) is 11.5 Å². The fraction of sp³-hybridized carbons (Fsp3) is 0.355. The fourth-order valence-electron chi connectivity index (χ4n) is 10.3. The molecule has 0 amide bonds. The Morgan fingerprint density at radius 2 is 0.462 bits per heavy atom. The Kier molecular flexibility index (Phi) is 20.4. The van der Waals surface area contributed by atoms with Gasteiger partial charge in [-0.15, -0.1) is 0 Å². The molecule has 0 atom stereocenters. The van der Waals surface area contributed by atoms with E-state index < -0.39 is 0 Å². The molecule has 2 saturated carbocycles. The van der Waals surface area contributed by atoms with Crippen LogP contribution in [0, 0.1) is 83.1 Å². The third-order valence-electron chi connectivity index (χ3n) is 12.8. The molecule has 6 aromatic rings. The molecule has 6 aromatic carbocycles. The van der Waals surface area contributed by atoms with Crippen LogP contribution in [0.5, 0.6) is 0 Å². The maximum absolute atomic E-state index is 11.4. The predicted molar refractivity (Wildman–Crippen MR) is 279 cm³/mol. The van der Waals surface area contributed by atoms with E-state index in [-0.39, 0.29) is 21.7 Å². The Hall–Kier alpha value is -4.89. The molecule has 0 unspecified atom stereocenters. The van der Waals surface area contributed by atoms with Gasteiger partial charge in [0.15, 0.2) is 0 Å². The molecule has 2 nitrogen and oxygen atoms in total. The molecule has 8 rings (SSSR count). The van der Waals surface area contributed by atoms with Crippen LogP contribution in [-0.4, -0.2) is 10.2 Å². The van der Waals surface area contributed by atoms with Crippen molar-refractivity contribution in [1.82, 2.24) is 0 Å². The van der Waals surface area contributed by atoms with Crippen LogP contribution in [-0.2, 0) is 21.7 Å². The summed E-state index contributed by atoms with van der Waals surface area (Å²) in [6.07, 6.45) is 15.0. The molecule has 0 aromatic heterocycles. The SMILES string of the molecule is C1CCCC1.C1CCCC1.Cc1cc(C)c(C(=C(O)c2ccccc2)c2c(C)cc(C)cc2C)c(C)c1.Cc1cc(C)c(C(=C(O)c2ccccc2)c2c(C)cc(C)cc2C)c(C)c1.[Ti+2]. The zero-order valence-corrected chi connectivity index (χ0v) is 43.4. The van der Waals surface area contributed by atoms with E-state index >= 15 is 0 Å². The second-order valence-electron chi connectivity index (χ2n) is 18.8. The minimum atomic E-state index is 0. The Morgan fingerprint density at radius 1 is 0.292 bits per heavy atom. The number of hydrogen-bond acceptors (Lipinski definition) is 2. The fourth-order valence-corrected chi connectivity index (χ4v) is 10.3. The second kappa shape index (κ2) is 25.1. The summed E-state index contributed by atoms with van der Waals surface area (Å²) in [5.41, 5.74) is 22.5. The second-order valence-corrected chi connectivity index (χ2v) is 18.8. The van der Waals surface area contributed by atoms with E-state index in [9.17, 15) is 10.2 Å². The molecule has 0 bridgehead atoms. The molecule has 2 fully saturated rings. The Morgan fingerprint density at radius 3 is 0.631 bits per heavy atom. The third kappa shape index (κ3) is 14.1. The summed E-state index contributed by atoms with van der Waals surface area (Å²) < 4.78 is 0. The smallest absolute Gasteiger partial charge is 0.507 e. The Labute approximate surface area is 408 Å². The molecule has 65 heavy (non-hydrogen) atoms. The van der Waals surface area contributed by atoms with Gasteiger partial charge in [-0.25, -0.2) is 0 Å². The van der Waals surface area contributed by atoms with Gasteiger partial charge in [-0.3, -0.25) is 0 Å². The largest absolute Gasteiger partial charge is 2.00 e. The summed E-state index contributed by atoms with van der Waals surface area (Å²) in [5.74, 6) is 0.668. The standard InChI is InChI=1S/2C26H28O.2C5H10.Ti/c2*1-16-12-18(3)23(19(4)13-16)25(26(27)22-10-8-7-9-11-22)24-20(5)14-17(2)15-21(24)6;2*1-2-4-5-3-1;/h2*7-15,27H,1-6H3;2*1-5H2;/q;;;;+2. The van der Waals surface area contributed by atoms with Crippen molar-refractivity contribution in [3.8, 4) is 0 Å². The summed E-state index contributed by atoms with van der Waals surface area (Å²) in [7, 11) is 0. The van der Waals surface area contributed by atoms with Crippen molar-refractivity contribution in [2.24, 2.45) is 0 Å². The van der Waals surface area contributed by atoms with Gasteiger partial charge in [0, 0.05) is 22.3 Å². The molecule has 3 heteroatoms. The first kappa shape index (κ1) is 52.7. The summed E-state index contributed by atoms with van der Waals surface area (Å²) in [6, 6.07) is 37.2. The first-order valence-corrected chi connectivity index (χ1v) is 23.9. The van der Waals surface area contributed by atoms with Crippen LogP contribution in [0.2, 0.25) is 0 Å². The maximum atomic E-state index is 11.4. The average Bonchev–Trinajstić information content (AvgIpc) is 4.03. The van der Waals surface area contributed by atoms with Crippen molar-refractivity contribution < 1.29 is 31.9 Å². The minimum Gasteiger partial charge on any atom is -0.507 e. The number of benzene rings is 6. The van der Waals surface area contributed by atoms with E-state index in [1.54, 1.807) is 0 Å². The molecular weight excluding hydrogens is 825 g/mol. The summed E-state index contributed by atoms with van der Waals surface area (Å²) in [6.45, 7) is 25.5. The van der Waals surface area contributed by atoms with Crippen LogP contribution in [0.15, 0.2) is 109 Å². The molecule has 338 valence electrons. The van der Waals surface area contributed by atoms with Crippen LogP contribution in [0.4, 0.5) is 0 Å². The van der Waals surface area contributed by atoms with Gasteiger partial charge in [0.05, 0.1) is 0 Å². The molecule has 2 aliphatic rings. The van der Waals surface area contributed by atoms with E-state index in [4.69, 9.17) is 0 Å². The molecule has 0 aliphatic heterocycles. The molecular formula is C62H76O2Ti+2. The normalized spacial score (nSPS) is 12.6. The summed E-state index contributed by atoms with van der Waals surface area (Å²) >= 11 is 0. The first-order valence-electron chi connectivity index (χ1n) is 23.9. The first-order chi connectivity index (χ1) is 30.6. The van der Waals surface area contributed by atoms with Gasteiger partial charge < -0.3 is 10.2 Å². The van der Waals surface area contributed by atoms with Gasteiger partial charge in [0.25, 0.3) is 0 Å². The number of aliphatic hydroxyl groups excluding tert-OH is 2. The van der Waals surface area contributed by atoms with Crippen molar-refractivity contribution in [1.29, 1.82) is 0 Å². The van der Waals surface area contributed by atoms with Gasteiger partial charge in [-0.05, 0) is 150 Å². The van der Waals surface area contributed by atoms with E-state index in [0.717, 1.165) is 44.5 Å². The van der Waals surface area contributed by atoms with E-state index in [1.807, 2.05) is 60.7 Å². The van der Waals surface area contributed by atoms with Crippen LogP contribution < -0.4 is 0 Å². The number of aliphatic hydroxyl groups is 2. The minimum absolute atomic E-state index is 0. The van der Waals surface area contributed by atoms with Crippen molar-refractivity contribution in [2.45, 2.75) is 147 Å². The zero-order chi connectivity index (χ0) is 46.5. The van der Waals surface area contributed by atoms with Gasteiger partial charge >= 0.3 is 21.7 Å². The molecule has 0 radical (unpaired) electrons. The van der Waals surface area contributed by atoms with Gasteiger partial charge in [0.1, 0.15) is 11.5 Å². The van der Waals surface area contributed by atoms with Crippen molar-refractivity contribution in [3.05, 3.63) is 209 Å². The topological polar surface area (TPSA) is 40.5 Å². The number of aryl methyl sites for hydroxylation is 12. The molecule has 0 spiro atoms. The Bertz CT molecular complexity index is 2160. The number of rotatable bonds is 6. The monoisotopic (exact) mass is 901 g/mol. The average molecular weight is 901 g/mol. The van der Waals surface area contributed by atoms with Gasteiger partial charge in [-0.2, -0.15) is 0 Å². The van der Waals surface area contributed by atoms with Crippen molar-refractivity contribution in [2.75, 3.05) is 0 Å². The summed E-state index contributed by atoms with van der Waals surface area (Å²) in [4.78, 5) is 0. The predicted octanol–water partition coefficient (Wildman–Crippen LogP) is 17.9. The van der Waals surface area contributed by atoms with Crippen molar-refractivity contribution in [3.63, 3.8) is 0 Å². The van der Waals surface area contributed by atoms with E-state index in [2.05, 4.69) is 132 Å². The van der Waals surface area contributed by atoms with Crippen LogP contribution in [0.1, 0.15) is 164 Å². The Balaban J connectivity index is 0.000000230. The molecule has 0 heterocycles. The van der Waals surface area contributed by atoms with Gasteiger partial charge in [0.2, 0.25) is 0 Å². The molecule has 0 saturated heterocycles. The van der Waals surface area contributed by atoms with Crippen LogP contribution in [0.3, 0.4) is 0 Å². The van der Waals surface area contributed by atoms with E-state index in [1.165, 1.54) is 131 Å². The quantitative estimate of drug-likeness (QED) is 0.0993. The molecule has 2 aliphatic carbocycles.